The number of benzene rings is 2. The lowest BCUT2D eigenvalue weighted by atomic mass is 10.2. The number of hydrogen-bond acceptors (Lipinski definition) is 6. The van der Waals surface area contributed by atoms with Gasteiger partial charge in [0.05, 0.1) is 28.3 Å². The molecule has 2 aromatic rings. The van der Waals surface area contributed by atoms with Gasteiger partial charge in [-0.05, 0) is 31.2 Å². The molecule has 0 aliphatic rings. The molecule has 0 radical (unpaired) electrons. The van der Waals surface area contributed by atoms with Gasteiger partial charge in [-0.25, -0.2) is 4.79 Å². The molecule has 142 valence electrons. The van der Waals surface area contributed by atoms with E-state index in [1.807, 2.05) is 0 Å². The Hall–Kier alpha value is -2.84. The van der Waals surface area contributed by atoms with Crippen molar-refractivity contribution in [1.82, 2.24) is 0 Å². The molecule has 2 rings (SSSR count). The van der Waals surface area contributed by atoms with Gasteiger partial charge < -0.3 is 14.8 Å². The molecule has 0 spiro atoms. The Balaban J connectivity index is 2.13. The molecule has 0 fully saturated rings. The van der Waals surface area contributed by atoms with Crippen LogP contribution in [0.2, 0.25) is 10.0 Å². The van der Waals surface area contributed by atoms with E-state index < -0.39 is 22.9 Å². The predicted octanol–water partition coefficient (Wildman–Crippen LogP) is 4.09. The van der Waals surface area contributed by atoms with Gasteiger partial charge in [0.2, 0.25) is 0 Å². The largest absolute Gasteiger partial charge is 0.495 e. The van der Waals surface area contributed by atoms with Gasteiger partial charge >= 0.3 is 5.97 Å². The van der Waals surface area contributed by atoms with E-state index in [4.69, 9.17) is 32.7 Å². The normalized spacial score (nSPS) is 11.4. The third kappa shape index (κ3) is 5.08. The Kier molecular flexibility index (Phi) is 6.59. The zero-order chi connectivity index (χ0) is 20.1. The minimum absolute atomic E-state index is 0.0327. The molecule has 10 heteroatoms. The second kappa shape index (κ2) is 8.70. The Morgan fingerprint density at radius 1 is 1.19 bits per heavy atom. The summed E-state index contributed by atoms with van der Waals surface area (Å²) in [7, 11) is 1.42. The second-order valence-electron chi connectivity index (χ2n) is 5.30. The third-order valence-corrected chi connectivity index (χ3v) is 4.02. The number of amides is 1. The standard InChI is InChI=1S/C17H14Cl2N2O6/c1-9(16(22)20-14-7-10(18)3-6-15(14)26-2)27-17(23)12-8-11(21(24)25)4-5-13(12)19/h3-9H,1-2H3,(H,20,22)/t9-/m0/s1. The summed E-state index contributed by atoms with van der Waals surface area (Å²) in [5.41, 5.74) is -0.246. The van der Waals surface area contributed by atoms with Gasteiger partial charge in [-0.15, -0.1) is 0 Å². The Morgan fingerprint density at radius 2 is 1.89 bits per heavy atom. The van der Waals surface area contributed by atoms with Crippen molar-refractivity contribution in [2.24, 2.45) is 0 Å². The Morgan fingerprint density at radius 3 is 2.52 bits per heavy atom. The average molecular weight is 413 g/mol. The van der Waals surface area contributed by atoms with Crippen LogP contribution in [-0.4, -0.2) is 30.0 Å². The number of rotatable bonds is 6. The van der Waals surface area contributed by atoms with E-state index in [0.717, 1.165) is 12.1 Å². The van der Waals surface area contributed by atoms with Crippen LogP contribution in [-0.2, 0) is 9.53 Å². The molecule has 0 aliphatic carbocycles. The lowest BCUT2D eigenvalue weighted by Crippen LogP contribution is -2.30. The van der Waals surface area contributed by atoms with Gasteiger partial charge in [0.15, 0.2) is 6.10 Å². The summed E-state index contributed by atoms with van der Waals surface area (Å²) in [4.78, 5) is 34.7. The first kappa shape index (κ1) is 20.5. The van der Waals surface area contributed by atoms with Gasteiger partial charge in [-0.1, -0.05) is 23.2 Å². The number of nitrogens with one attached hydrogen (secondary N) is 1. The van der Waals surface area contributed by atoms with E-state index in [9.17, 15) is 19.7 Å². The molecule has 1 N–H and O–H groups in total. The minimum atomic E-state index is -1.21. The summed E-state index contributed by atoms with van der Waals surface area (Å²) >= 11 is 11.8. The lowest BCUT2D eigenvalue weighted by Gasteiger charge is -2.15. The number of nitrogens with zero attached hydrogens (tertiary/aromatic N) is 1. The number of carbonyl (C=O) groups is 2. The van der Waals surface area contributed by atoms with Crippen molar-refractivity contribution in [2.45, 2.75) is 13.0 Å². The summed E-state index contributed by atoms with van der Waals surface area (Å²) in [6, 6.07) is 7.97. The molecule has 0 aliphatic heterocycles. The van der Waals surface area contributed by atoms with E-state index in [0.29, 0.717) is 16.5 Å². The first-order valence-corrected chi connectivity index (χ1v) is 8.28. The van der Waals surface area contributed by atoms with Crippen LogP contribution in [0.25, 0.3) is 0 Å². The molecule has 27 heavy (non-hydrogen) atoms. The summed E-state index contributed by atoms with van der Waals surface area (Å²) in [6.45, 7) is 1.34. The lowest BCUT2D eigenvalue weighted by molar-refractivity contribution is -0.384. The van der Waals surface area contributed by atoms with Crippen molar-refractivity contribution in [3.8, 4) is 5.75 Å². The fourth-order valence-electron chi connectivity index (χ4n) is 2.07. The molecule has 0 saturated heterocycles. The minimum Gasteiger partial charge on any atom is -0.495 e. The van der Waals surface area contributed by atoms with Crippen LogP contribution in [0.15, 0.2) is 36.4 Å². The molecule has 2 aromatic carbocycles. The molecule has 1 atom stereocenters. The zero-order valence-corrected chi connectivity index (χ0v) is 15.7. The highest BCUT2D eigenvalue weighted by Crippen LogP contribution is 2.28. The molecule has 8 nitrogen and oxygen atoms in total. The highest BCUT2D eigenvalue weighted by molar-refractivity contribution is 6.33. The number of non-ortho nitro benzene ring substituents is 1. The number of nitro groups is 1. The SMILES string of the molecule is COc1ccc(Cl)cc1NC(=O)[C@H](C)OC(=O)c1cc([N+](=O)[O-])ccc1Cl. The first-order chi connectivity index (χ1) is 12.7. The molecule has 0 aromatic heterocycles. The van der Waals surface area contributed by atoms with Crippen LogP contribution in [0.3, 0.4) is 0 Å². The van der Waals surface area contributed by atoms with Crippen LogP contribution < -0.4 is 10.1 Å². The third-order valence-electron chi connectivity index (χ3n) is 3.45. The molecule has 0 saturated carbocycles. The number of nitro benzene ring substituents is 1. The maximum atomic E-state index is 12.3. The molecule has 0 heterocycles. The van der Waals surface area contributed by atoms with Crippen LogP contribution in [0.5, 0.6) is 5.75 Å². The number of halogens is 2. The van der Waals surface area contributed by atoms with Gasteiger partial charge in [-0.3, -0.25) is 14.9 Å². The number of carbonyl (C=O) groups excluding carboxylic acids is 2. The smallest absolute Gasteiger partial charge is 0.340 e. The van der Waals surface area contributed by atoms with Crippen LogP contribution >= 0.6 is 23.2 Å². The quantitative estimate of drug-likeness (QED) is 0.434. The number of ether oxygens (including phenoxy) is 2. The van der Waals surface area contributed by atoms with Crippen molar-refractivity contribution in [1.29, 1.82) is 0 Å². The van der Waals surface area contributed by atoms with Crippen molar-refractivity contribution in [3.05, 3.63) is 62.1 Å². The van der Waals surface area contributed by atoms with Crippen LogP contribution in [0, 0.1) is 10.1 Å². The molecular formula is C17H14Cl2N2O6. The Bertz CT molecular complexity index is 903. The van der Waals surface area contributed by atoms with Gasteiger partial charge in [0, 0.05) is 17.2 Å². The van der Waals surface area contributed by atoms with E-state index in [2.05, 4.69) is 5.32 Å². The number of esters is 1. The summed E-state index contributed by atoms with van der Waals surface area (Å²) < 4.78 is 10.2. The van der Waals surface area contributed by atoms with Crippen molar-refractivity contribution < 1.29 is 24.0 Å². The average Bonchev–Trinajstić information content (AvgIpc) is 2.61. The number of anilines is 1. The van der Waals surface area contributed by atoms with E-state index in [-0.39, 0.29) is 16.3 Å². The van der Waals surface area contributed by atoms with Gasteiger partial charge in [0.1, 0.15) is 5.75 Å². The van der Waals surface area contributed by atoms with Crippen LogP contribution in [0.1, 0.15) is 17.3 Å². The number of hydrogen-bond donors (Lipinski definition) is 1. The molecule has 1 amide bonds. The summed E-state index contributed by atoms with van der Waals surface area (Å²) in [6.07, 6.45) is -1.21. The summed E-state index contributed by atoms with van der Waals surface area (Å²) in [5.74, 6) is -1.25. The van der Waals surface area contributed by atoms with Crippen molar-refractivity contribution in [3.63, 3.8) is 0 Å². The van der Waals surface area contributed by atoms with Gasteiger partial charge in [0.25, 0.3) is 11.6 Å². The monoisotopic (exact) mass is 412 g/mol. The molecular weight excluding hydrogens is 399 g/mol. The van der Waals surface area contributed by atoms with E-state index in [1.54, 1.807) is 12.1 Å². The second-order valence-corrected chi connectivity index (χ2v) is 6.15. The highest BCUT2D eigenvalue weighted by atomic mass is 35.5. The topological polar surface area (TPSA) is 108 Å². The van der Waals surface area contributed by atoms with Crippen molar-refractivity contribution >= 4 is 46.5 Å². The first-order valence-electron chi connectivity index (χ1n) is 7.52. The summed E-state index contributed by atoms with van der Waals surface area (Å²) in [5, 5.41) is 13.7. The van der Waals surface area contributed by atoms with Gasteiger partial charge in [-0.2, -0.15) is 0 Å². The Labute approximate surface area is 164 Å². The van der Waals surface area contributed by atoms with Crippen molar-refractivity contribution in [2.75, 3.05) is 12.4 Å². The van der Waals surface area contributed by atoms with Crippen LogP contribution in [0.4, 0.5) is 11.4 Å². The van der Waals surface area contributed by atoms with E-state index in [1.165, 1.54) is 26.2 Å². The highest BCUT2D eigenvalue weighted by Gasteiger charge is 2.23. The fraction of sp³-hybridized carbons (Fsp3) is 0.176. The fourth-order valence-corrected chi connectivity index (χ4v) is 2.44. The van der Waals surface area contributed by atoms with E-state index >= 15 is 0 Å². The predicted molar refractivity (Wildman–Crippen MR) is 99.6 cm³/mol. The maximum absolute atomic E-state index is 12.3. The zero-order valence-electron chi connectivity index (χ0n) is 14.2. The maximum Gasteiger partial charge on any atom is 0.340 e. The molecule has 0 bridgehead atoms. The molecule has 0 unspecified atom stereocenters. The number of methoxy groups -OCH3 is 1.